The first-order chi connectivity index (χ1) is 13.9. The maximum absolute atomic E-state index is 14.3. The summed E-state index contributed by atoms with van der Waals surface area (Å²) in [7, 11) is 0. The van der Waals surface area contributed by atoms with E-state index in [4.69, 9.17) is 0 Å². The second kappa shape index (κ2) is 9.64. The van der Waals surface area contributed by atoms with E-state index in [-0.39, 0.29) is 5.56 Å². The van der Waals surface area contributed by atoms with Gasteiger partial charge < -0.3 is 4.74 Å². The Bertz CT molecular complexity index is 780. The van der Waals surface area contributed by atoms with Crippen LogP contribution >= 0.6 is 0 Å². The van der Waals surface area contributed by atoms with Crippen LogP contribution < -0.4 is 4.74 Å². The van der Waals surface area contributed by atoms with Gasteiger partial charge in [0, 0.05) is 6.07 Å². The Morgan fingerprint density at radius 3 is 2.07 bits per heavy atom. The highest BCUT2D eigenvalue weighted by Gasteiger charge is 2.34. The smallest absolute Gasteiger partial charge is 0.426 e. The predicted molar refractivity (Wildman–Crippen MR) is 106 cm³/mol. The van der Waals surface area contributed by atoms with Crippen LogP contribution in [-0.2, 0) is 12.5 Å². The standard InChI is InChI=1S/C24H28F4O/c1-2-3-17-4-6-18(7-5-17)8-9-19-10-12-20(13-11-19)24(27,28)29-21-14-15-22(25)23(26)16-21/h10-18H,2-9H2,1H3. The van der Waals surface area contributed by atoms with E-state index in [1.807, 2.05) is 0 Å². The molecule has 1 saturated carbocycles. The predicted octanol–water partition coefficient (Wildman–Crippen LogP) is 7.63. The van der Waals surface area contributed by atoms with Crippen molar-refractivity contribution in [3.8, 4) is 5.75 Å². The second-order valence-electron chi connectivity index (χ2n) is 8.11. The van der Waals surface area contributed by atoms with Crippen molar-refractivity contribution in [2.75, 3.05) is 0 Å². The summed E-state index contributed by atoms with van der Waals surface area (Å²) in [6.45, 7) is 2.24. The molecule has 1 fully saturated rings. The summed E-state index contributed by atoms with van der Waals surface area (Å²) in [5, 5.41) is 0. The Labute approximate surface area is 170 Å². The fourth-order valence-corrected chi connectivity index (χ4v) is 4.20. The first kappa shape index (κ1) is 21.7. The average Bonchev–Trinajstić information content (AvgIpc) is 2.71. The molecule has 0 atom stereocenters. The van der Waals surface area contributed by atoms with E-state index in [0.29, 0.717) is 6.07 Å². The molecule has 0 N–H and O–H groups in total. The molecule has 5 heteroatoms. The molecule has 0 spiro atoms. The van der Waals surface area contributed by atoms with Gasteiger partial charge in [0.05, 0.1) is 5.56 Å². The zero-order valence-electron chi connectivity index (χ0n) is 16.8. The van der Waals surface area contributed by atoms with Crippen molar-refractivity contribution < 1.29 is 22.3 Å². The summed E-state index contributed by atoms with van der Waals surface area (Å²) < 4.78 is 59.4. The monoisotopic (exact) mass is 408 g/mol. The van der Waals surface area contributed by atoms with Crippen LogP contribution in [0.2, 0.25) is 0 Å². The van der Waals surface area contributed by atoms with Crippen molar-refractivity contribution in [1.82, 2.24) is 0 Å². The molecule has 1 aliphatic carbocycles. The van der Waals surface area contributed by atoms with Crippen molar-refractivity contribution >= 4 is 0 Å². The fourth-order valence-electron chi connectivity index (χ4n) is 4.20. The van der Waals surface area contributed by atoms with Gasteiger partial charge in [0.2, 0.25) is 0 Å². The van der Waals surface area contributed by atoms with Crippen LogP contribution in [0.5, 0.6) is 5.75 Å². The molecule has 0 bridgehead atoms. The lowest BCUT2D eigenvalue weighted by Gasteiger charge is -2.28. The van der Waals surface area contributed by atoms with Crippen LogP contribution in [0, 0.1) is 23.5 Å². The molecule has 0 unspecified atom stereocenters. The number of halogens is 4. The van der Waals surface area contributed by atoms with Gasteiger partial charge in [0.15, 0.2) is 11.6 Å². The Balaban J connectivity index is 1.53. The second-order valence-corrected chi connectivity index (χ2v) is 8.11. The molecule has 158 valence electrons. The minimum absolute atomic E-state index is 0.314. The Kier molecular flexibility index (Phi) is 7.20. The van der Waals surface area contributed by atoms with Crippen LogP contribution in [0.3, 0.4) is 0 Å². The molecule has 1 nitrogen and oxygen atoms in total. The quantitative estimate of drug-likeness (QED) is 0.408. The van der Waals surface area contributed by atoms with Gasteiger partial charge in [-0.25, -0.2) is 8.78 Å². The fraction of sp³-hybridized carbons (Fsp3) is 0.500. The van der Waals surface area contributed by atoms with Gasteiger partial charge in [-0.2, -0.15) is 8.78 Å². The van der Waals surface area contributed by atoms with Gasteiger partial charge in [0.25, 0.3) is 0 Å². The highest BCUT2D eigenvalue weighted by Crippen LogP contribution is 2.35. The molecule has 0 saturated heterocycles. The molecule has 0 aromatic heterocycles. The van der Waals surface area contributed by atoms with E-state index in [1.165, 1.54) is 50.7 Å². The third kappa shape index (κ3) is 5.97. The molecule has 2 aromatic rings. The first-order valence-electron chi connectivity index (χ1n) is 10.5. The lowest BCUT2D eigenvalue weighted by molar-refractivity contribution is -0.185. The summed E-state index contributed by atoms with van der Waals surface area (Å²) in [6.07, 6.45) is 6.07. The van der Waals surface area contributed by atoms with Crippen LogP contribution in [0.1, 0.15) is 63.0 Å². The zero-order chi connectivity index (χ0) is 20.9. The molecule has 0 amide bonds. The Morgan fingerprint density at radius 2 is 1.48 bits per heavy atom. The van der Waals surface area contributed by atoms with Gasteiger partial charge >= 0.3 is 6.11 Å². The van der Waals surface area contributed by atoms with E-state index < -0.39 is 23.5 Å². The van der Waals surface area contributed by atoms with E-state index in [1.54, 1.807) is 12.1 Å². The van der Waals surface area contributed by atoms with Crippen molar-refractivity contribution in [3.05, 3.63) is 65.2 Å². The van der Waals surface area contributed by atoms with Crippen molar-refractivity contribution in [2.24, 2.45) is 11.8 Å². The Morgan fingerprint density at radius 1 is 0.862 bits per heavy atom. The third-order valence-electron chi connectivity index (χ3n) is 5.93. The molecule has 2 aromatic carbocycles. The average molecular weight is 408 g/mol. The maximum Gasteiger partial charge on any atom is 0.426 e. The van der Waals surface area contributed by atoms with Gasteiger partial charge in [-0.3, -0.25) is 0 Å². The highest BCUT2D eigenvalue weighted by molar-refractivity contribution is 5.28. The largest absolute Gasteiger partial charge is 0.429 e. The molecule has 1 aliphatic rings. The molecule has 0 radical (unpaired) electrons. The number of aryl methyl sites for hydroxylation is 1. The van der Waals surface area contributed by atoms with E-state index in [0.717, 1.165) is 42.4 Å². The molecule has 0 aliphatic heterocycles. The molecular formula is C24H28F4O. The molecule has 3 rings (SSSR count). The summed E-state index contributed by atoms with van der Waals surface area (Å²) in [5.41, 5.74) is 0.708. The van der Waals surface area contributed by atoms with Crippen molar-refractivity contribution in [3.63, 3.8) is 0 Å². The molecular weight excluding hydrogens is 380 g/mol. The van der Waals surface area contributed by atoms with Crippen LogP contribution in [0.25, 0.3) is 0 Å². The third-order valence-corrected chi connectivity index (χ3v) is 5.93. The van der Waals surface area contributed by atoms with Crippen LogP contribution in [0.4, 0.5) is 17.6 Å². The van der Waals surface area contributed by atoms with E-state index in [2.05, 4.69) is 11.7 Å². The number of hydrogen-bond donors (Lipinski definition) is 0. The number of ether oxygens (including phenoxy) is 1. The summed E-state index contributed by atoms with van der Waals surface area (Å²) in [5.74, 6) is -1.15. The number of hydrogen-bond acceptors (Lipinski definition) is 1. The SMILES string of the molecule is CCCC1CCC(CCc2ccc(C(F)(F)Oc3ccc(F)c(F)c3)cc2)CC1. The summed E-state index contributed by atoms with van der Waals surface area (Å²) in [6, 6.07) is 8.43. The Hall–Kier alpha value is -2.04. The first-order valence-corrected chi connectivity index (χ1v) is 10.5. The lowest BCUT2D eigenvalue weighted by atomic mass is 9.78. The minimum Gasteiger partial charge on any atom is -0.429 e. The van der Waals surface area contributed by atoms with Crippen molar-refractivity contribution in [2.45, 2.75) is 64.4 Å². The topological polar surface area (TPSA) is 9.23 Å². The number of alkyl halides is 2. The molecule has 0 heterocycles. The van der Waals surface area contributed by atoms with Gasteiger partial charge in [-0.15, -0.1) is 0 Å². The van der Waals surface area contributed by atoms with E-state index in [9.17, 15) is 17.6 Å². The normalized spacial score (nSPS) is 19.9. The molecule has 29 heavy (non-hydrogen) atoms. The van der Waals surface area contributed by atoms with Crippen LogP contribution in [0.15, 0.2) is 42.5 Å². The summed E-state index contributed by atoms with van der Waals surface area (Å²) >= 11 is 0. The van der Waals surface area contributed by atoms with Crippen LogP contribution in [-0.4, -0.2) is 0 Å². The number of benzene rings is 2. The zero-order valence-corrected chi connectivity index (χ0v) is 16.8. The van der Waals surface area contributed by atoms with Crippen molar-refractivity contribution in [1.29, 1.82) is 0 Å². The van der Waals surface area contributed by atoms with E-state index >= 15 is 0 Å². The number of rotatable bonds is 8. The maximum atomic E-state index is 14.3. The van der Waals surface area contributed by atoms with Gasteiger partial charge in [-0.05, 0) is 54.5 Å². The highest BCUT2D eigenvalue weighted by atomic mass is 19.3. The minimum atomic E-state index is -3.62. The van der Waals surface area contributed by atoms with Gasteiger partial charge in [-0.1, -0.05) is 57.6 Å². The van der Waals surface area contributed by atoms with Gasteiger partial charge in [0.1, 0.15) is 5.75 Å². The lowest BCUT2D eigenvalue weighted by Crippen LogP contribution is -2.22. The summed E-state index contributed by atoms with van der Waals surface area (Å²) in [4.78, 5) is 0.